The second kappa shape index (κ2) is 11.2. The minimum Gasteiger partial charge on any atom is -0.455 e. The van der Waals surface area contributed by atoms with Crippen LogP contribution in [0.25, 0.3) is 77.6 Å². The lowest BCUT2D eigenvalue weighted by Crippen LogP contribution is -2.05. The lowest BCUT2D eigenvalue weighted by atomic mass is 9.89. The van der Waals surface area contributed by atoms with Crippen molar-refractivity contribution in [3.05, 3.63) is 169 Å². The maximum absolute atomic E-state index is 13.4. The first-order chi connectivity index (χ1) is 23.5. The number of para-hydroxylation sites is 2. The maximum Gasteiger partial charge on any atom is 0.158 e. The Hall–Kier alpha value is -5.71. The fraction of sp³-hybridized carbons (Fsp3) is 0.0455. The highest BCUT2D eigenvalue weighted by Gasteiger charge is 2.25. The molecule has 1 aliphatic rings. The molecule has 9 rings (SSSR count). The van der Waals surface area contributed by atoms with E-state index in [0.717, 1.165) is 88.7 Å². The number of hydrogen-bond donors (Lipinski definition) is 0. The average molecular weight is 639 g/mol. The van der Waals surface area contributed by atoms with Gasteiger partial charge in [-0.3, -0.25) is 0 Å². The predicted molar refractivity (Wildman–Crippen MR) is 197 cm³/mol. The summed E-state index contributed by atoms with van der Waals surface area (Å²) >= 11 is 0. The molecule has 0 amide bonds. The molecule has 0 aliphatic carbocycles. The third-order valence-corrected chi connectivity index (χ3v) is 11.0. The summed E-state index contributed by atoms with van der Waals surface area (Å²) in [7, 11) is -3.36. The Morgan fingerprint density at radius 3 is 1.56 bits per heavy atom. The van der Waals surface area contributed by atoms with Gasteiger partial charge in [0.05, 0.1) is 11.5 Å². The first-order valence-electron chi connectivity index (χ1n) is 16.1. The Labute approximate surface area is 279 Å². The molecule has 0 N–H and O–H groups in total. The van der Waals surface area contributed by atoms with Crippen LogP contribution in [0.4, 0.5) is 0 Å². The van der Waals surface area contributed by atoms with Crippen LogP contribution in [0.15, 0.2) is 162 Å². The standard InChI is InChI=1S/C44H30O3S/c45-48(46)27-33-20-18-31(37-23-35(29-10-3-1-4-11-29)22-36(24-37)30-12-5-2-6-13-30)25-41(33)42-26-32(19-21-34(42)28-48)38-15-9-16-40-39-14-7-8-17-43(39)47-44(38)40/h1-26H,27-28H2. The fourth-order valence-electron chi connectivity index (χ4n) is 7.14. The number of sulfone groups is 1. The van der Waals surface area contributed by atoms with E-state index in [1.165, 1.54) is 0 Å². The Bertz CT molecular complexity index is 2560. The molecule has 4 heteroatoms. The van der Waals surface area contributed by atoms with Crippen molar-refractivity contribution in [2.24, 2.45) is 0 Å². The van der Waals surface area contributed by atoms with Gasteiger partial charge < -0.3 is 4.42 Å². The van der Waals surface area contributed by atoms with Crippen molar-refractivity contribution in [3.8, 4) is 55.6 Å². The van der Waals surface area contributed by atoms with Gasteiger partial charge in [-0.1, -0.05) is 121 Å². The van der Waals surface area contributed by atoms with Crippen LogP contribution < -0.4 is 0 Å². The molecule has 2 heterocycles. The Balaban J connectivity index is 1.23. The zero-order valence-corrected chi connectivity index (χ0v) is 26.9. The van der Waals surface area contributed by atoms with E-state index < -0.39 is 9.84 Å². The molecule has 3 nitrogen and oxygen atoms in total. The number of hydrogen-bond acceptors (Lipinski definition) is 3. The molecule has 0 saturated carbocycles. The smallest absolute Gasteiger partial charge is 0.158 e. The molecule has 0 unspecified atom stereocenters. The van der Waals surface area contributed by atoms with Gasteiger partial charge in [-0.25, -0.2) is 8.42 Å². The van der Waals surface area contributed by atoms with Gasteiger partial charge in [0.15, 0.2) is 9.84 Å². The first kappa shape index (κ1) is 28.5. The van der Waals surface area contributed by atoms with Gasteiger partial charge in [-0.05, 0) is 97.6 Å². The summed E-state index contributed by atoms with van der Waals surface area (Å²) in [4.78, 5) is 0. The molecule has 0 fully saturated rings. The topological polar surface area (TPSA) is 47.3 Å². The second-order valence-corrected chi connectivity index (χ2v) is 14.7. The fourth-order valence-corrected chi connectivity index (χ4v) is 8.69. The monoisotopic (exact) mass is 638 g/mol. The molecule has 0 bridgehead atoms. The minimum atomic E-state index is -3.36. The molecule has 0 atom stereocenters. The molecular formula is C44H30O3S. The first-order valence-corrected chi connectivity index (χ1v) is 17.9. The van der Waals surface area contributed by atoms with Crippen molar-refractivity contribution in [3.63, 3.8) is 0 Å². The summed E-state index contributed by atoms with van der Waals surface area (Å²) < 4.78 is 33.1. The molecule has 0 spiro atoms. The van der Waals surface area contributed by atoms with Gasteiger partial charge in [0.2, 0.25) is 0 Å². The highest BCUT2D eigenvalue weighted by molar-refractivity contribution is 7.89. The van der Waals surface area contributed by atoms with Gasteiger partial charge in [-0.2, -0.15) is 0 Å². The molecule has 0 saturated heterocycles. The van der Waals surface area contributed by atoms with Gasteiger partial charge in [0, 0.05) is 16.3 Å². The lowest BCUT2D eigenvalue weighted by Gasteiger charge is -2.15. The zero-order valence-electron chi connectivity index (χ0n) is 26.1. The summed E-state index contributed by atoms with van der Waals surface area (Å²) in [5, 5.41) is 2.15. The molecule has 48 heavy (non-hydrogen) atoms. The maximum atomic E-state index is 13.4. The van der Waals surface area contributed by atoms with E-state index >= 15 is 0 Å². The van der Waals surface area contributed by atoms with Crippen LogP contribution >= 0.6 is 0 Å². The van der Waals surface area contributed by atoms with Crippen LogP contribution in [0.3, 0.4) is 0 Å². The summed E-state index contributed by atoms with van der Waals surface area (Å²) in [6, 6.07) is 54.3. The Kier molecular flexibility index (Phi) is 6.66. The SMILES string of the molecule is O=S1(=O)Cc2ccc(-c3cc(-c4ccccc4)cc(-c4ccccc4)c3)cc2-c2cc(-c3cccc4c3oc3ccccc34)ccc2C1. The minimum absolute atomic E-state index is 0.00309. The van der Waals surface area contributed by atoms with E-state index in [9.17, 15) is 8.42 Å². The van der Waals surface area contributed by atoms with Crippen molar-refractivity contribution in [1.82, 2.24) is 0 Å². The Morgan fingerprint density at radius 1 is 0.396 bits per heavy atom. The third kappa shape index (κ3) is 5.02. The van der Waals surface area contributed by atoms with Crippen LogP contribution in [-0.2, 0) is 21.3 Å². The van der Waals surface area contributed by atoms with Crippen LogP contribution in [0, 0.1) is 0 Å². The van der Waals surface area contributed by atoms with Gasteiger partial charge in [-0.15, -0.1) is 0 Å². The normalized spacial score (nSPS) is 13.6. The largest absolute Gasteiger partial charge is 0.455 e. The van der Waals surface area contributed by atoms with Gasteiger partial charge in [0.25, 0.3) is 0 Å². The quantitative estimate of drug-likeness (QED) is 0.193. The predicted octanol–water partition coefficient (Wildman–Crippen LogP) is 11.3. The zero-order chi connectivity index (χ0) is 32.2. The van der Waals surface area contributed by atoms with Crippen LogP contribution in [0.2, 0.25) is 0 Å². The molecule has 0 radical (unpaired) electrons. The highest BCUT2D eigenvalue weighted by Crippen LogP contribution is 2.42. The summed E-state index contributed by atoms with van der Waals surface area (Å²) in [6.07, 6.45) is 0. The van der Waals surface area contributed by atoms with Crippen molar-refractivity contribution < 1.29 is 12.8 Å². The van der Waals surface area contributed by atoms with E-state index in [2.05, 4.69) is 109 Å². The van der Waals surface area contributed by atoms with Crippen molar-refractivity contribution in [2.75, 3.05) is 0 Å². The lowest BCUT2D eigenvalue weighted by molar-refractivity contribution is 0.595. The number of benzene rings is 7. The Morgan fingerprint density at radius 2 is 0.917 bits per heavy atom. The van der Waals surface area contributed by atoms with Crippen molar-refractivity contribution in [1.29, 1.82) is 0 Å². The van der Waals surface area contributed by atoms with Gasteiger partial charge >= 0.3 is 0 Å². The van der Waals surface area contributed by atoms with Crippen LogP contribution in [0.1, 0.15) is 11.1 Å². The van der Waals surface area contributed by atoms with E-state index in [1.54, 1.807) is 0 Å². The number of rotatable bonds is 4. The van der Waals surface area contributed by atoms with E-state index in [1.807, 2.05) is 48.5 Å². The van der Waals surface area contributed by atoms with E-state index in [4.69, 9.17) is 4.42 Å². The molecule has 230 valence electrons. The van der Waals surface area contributed by atoms with Crippen molar-refractivity contribution >= 4 is 31.8 Å². The van der Waals surface area contributed by atoms with E-state index in [0.29, 0.717) is 0 Å². The second-order valence-electron chi connectivity index (χ2n) is 12.6. The van der Waals surface area contributed by atoms with Crippen LogP contribution in [-0.4, -0.2) is 8.42 Å². The molecule has 7 aromatic carbocycles. The van der Waals surface area contributed by atoms with Gasteiger partial charge in [0.1, 0.15) is 11.2 Å². The number of furan rings is 1. The molecule has 8 aromatic rings. The highest BCUT2D eigenvalue weighted by atomic mass is 32.2. The summed E-state index contributed by atoms with van der Waals surface area (Å²) in [5.74, 6) is 0.00815. The number of fused-ring (bicyclic) bond motifs is 6. The molecular weight excluding hydrogens is 609 g/mol. The summed E-state index contributed by atoms with van der Waals surface area (Å²) in [6.45, 7) is 0. The van der Waals surface area contributed by atoms with Crippen molar-refractivity contribution in [2.45, 2.75) is 11.5 Å². The van der Waals surface area contributed by atoms with E-state index in [-0.39, 0.29) is 11.5 Å². The summed E-state index contributed by atoms with van der Waals surface area (Å²) in [5.41, 5.74) is 13.9. The molecule has 1 aromatic heterocycles. The molecule has 1 aliphatic heterocycles. The van der Waals surface area contributed by atoms with Crippen LogP contribution in [0.5, 0.6) is 0 Å². The average Bonchev–Trinajstić information content (AvgIpc) is 3.46. The third-order valence-electron chi connectivity index (χ3n) is 9.46.